The summed E-state index contributed by atoms with van der Waals surface area (Å²) >= 11 is 0. The molecule has 2 rings (SSSR count). The Morgan fingerprint density at radius 1 is 0.941 bits per heavy atom. The van der Waals surface area contributed by atoms with E-state index in [1.807, 2.05) is 32.0 Å². The van der Waals surface area contributed by atoms with E-state index in [1.54, 1.807) is 12.1 Å². The molecular weight excluding hydrogens is 215 g/mol. The summed E-state index contributed by atoms with van der Waals surface area (Å²) in [6.07, 6.45) is -0.773. The maximum absolute atomic E-state index is 13.1. The normalized spacial score (nSPS) is 12.5. The summed E-state index contributed by atoms with van der Waals surface area (Å²) in [4.78, 5) is 0. The summed E-state index contributed by atoms with van der Waals surface area (Å²) in [6.45, 7) is 4.02. The standard InChI is InChI=1S/C15H15FO/c1-10-6-7-13(8-11(10)2)15(17)12-4-3-5-14(16)9-12/h3-9,15,17H,1-2H3. The topological polar surface area (TPSA) is 20.2 Å². The Balaban J connectivity index is 2.36. The Morgan fingerprint density at radius 3 is 2.29 bits per heavy atom. The van der Waals surface area contributed by atoms with E-state index in [4.69, 9.17) is 0 Å². The largest absolute Gasteiger partial charge is 0.384 e. The molecule has 0 heterocycles. The SMILES string of the molecule is Cc1ccc(C(O)c2cccc(F)c2)cc1C. The number of aliphatic hydroxyl groups excluding tert-OH is 1. The fourth-order valence-electron chi connectivity index (χ4n) is 1.80. The average molecular weight is 230 g/mol. The maximum atomic E-state index is 13.1. The Bertz CT molecular complexity index is 534. The molecule has 17 heavy (non-hydrogen) atoms. The molecule has 0 radical (unpaired) electrons. The van der Waals surface area contributed by atoms with Gasteiger partial charge >= 0.3 is 0 Å². The van der Waals surface area contributed by atoms with Crippen LogP contribution in [-0.4, -0.2) is 5.11 Å². The van der Waals surface area contributed by atoms with E-state index in [0.717, 1.165) is 11.1 Å². The van der Waals surface area contributed by atoms with Crippen LogP contribution in [0.25, 0.3) is 0 Å². The quantitative estimate of drug-likeness (QED) is 0.836. The molecule has 1 N–H and O–H groups in total. The highest BCUT2D eigenvalue weighted by Crippen LogP contribution is 2.24. The van der Waals surface area contributed by atoms with Gasteiger partial charge in [-0.3, -0.25) is 0 Å². The Labute approximate surface area is 101 Å². The molecule has 2 aromatic rings. The van der Waals surface area contributed by atoms with Gasteiger partial charge in [0.25, 0.3) is 0 Å². The van der Waals surface area contributed by atoms with E-state index in [9.17, 15) is 9.50 Å². The van der Waals surface area contributed by atoms with Crippen LogP contribution in [0.3, 0.4) is 0 Å². The highest BCUT2D eigenvalue weighted by molar-refractivity contribution is 5.35. The van der Waals surface area contributed by atoms with E-state index in [1.165, 1.54) is 17.7 Å². The lowest BCUT2D eigenvalue weighted by molar-refractivity contribution is 0.219. The molecule has 0 fully saturated rings. The first kappa shape index (κ1) is 11.8. The molecule has 0 amide bonds. The van der Waals surface area contributed by atoms with Crippen molar-refractivity contribution in [2.75, 3.05) is 0 Å². The van der Waals surface area contributed by atoms with Crippen molar-refractivity contribution in [3.63, 3.8) is 0 Å². The van der Waals surface area contributed by atoms with Crippen LogP contribution < -0.4 is 0 Å². The molecule has 0 saturated heterocycles. The van der Waals surface area contributed by atoms with Crippen LogP contribution in [0.5, 0.6) is 0 Å². The van der Waals surface area contributed by atoms with Gasteiger partial charge < -0.3 is 5.11 Å². The summed E-state index contributed by atoms with van der Waals surface area (Å²) < 4.78 is 13.1. The molecule has 2 aromatic carbocycles. The third-order valence-electron chi connectivity index (χ3n) is 3.01. The number of rotatable bonds is 2. The number of hydrogen-bond donors (Lipinski definition) is 1. The monoisotopic (exact) mass is 230 g/mol. The lowest BCUT2D eigenvalue weighted by Gasteiger charge is -2.13. The van der Waals surface area contributed by atoms with Crippen LogP contribution in [0.15, 0.2) is 42.5 Å². The molecule has 1 nitrogen and oxygen atoms in total. The maximum Gasteiger partial charge on any atom is 0.123 e. The van der Waals surface area contributed by atoms with Gasteiger partial charge in [-0.1, -0.05) is 30.3 Å². The van der Waals surface area contributed by atoms with Crippen LogP contribution in [0.1, 0.15) is 28.4 Å². The van der Waals surface area contributed by atoms with Crippen molar-refractivity contribution in [1.29, 1.82) is 0 Å². The van der Waals surface area contributed by atoms with Crippen molar-refractivity contribution < 1.29 is 9.50 Å². The average Bonchev–Trinajstić information content (AvgIpc) is 2.32. The minimum absolute atomic E-state index is 0.328. The summed E-state index contributed by atoms with van der Waals surface area (Å²) in [5.74, 6) is -0.328. The summed E-state index contributed by atoms with van der Waals surface area (Å²) in [6, 6.07) is 11.8. The van der Waals surface area contributed by atoms with Crippen LogP contribution in [0.2, 0.25) is 0 Å². The lowest BCUT2D eigenvalue weighted by Crippen LogP contribution is -2.00. The van der Waals surface area contributed by atoms with Gasteiger partial charge in [-0.2, -0.15) is 0 Å². The fourth-order valence-corrected chi connectivity index (χ4v) is 1.80. The molecule has 1 unspecified atom stereocenters. The second kappa shape index (κ2) is 4.68. The minimum Gasteiger partial charge on any atom is -0.384 e. The Morgan fingerprint density at radius 2 is 1.65 bits per heavy atom. The Hall–Kier alpha value is -1.67. The molecule has 0 saturated carbocycles. The van der Waals surface area contributed by atoms with Crippen LogP contribution >= 0.6 is 0 Å². The predicted octanol–water partition coefficient (Wildman–Crippen LogP) is 3.52. The highest BCUT2D eigenvalue weighted by Gasteiger charge is 2.11. The van der Waals surface area contributed by atoms with Gasteiger partial charge in [0.05, 0.1) is 0 Å². The smallest absolute Gasteiger partial charge is 0.123 e. The number of aryl methyl sites for hydroxylation is 2. The molecule has 2 heteroatoms. The molecule has 0 bridgehead atoms. The fraction of sp³-hybridized carbons (Fsp3) is 0.200. The van der Waals surface area contributed by atoms with E-state index in [0.29, 0.717) is 5.56 Å². The van der Waals surface area contributed by atoms with Gasteiger partial charge in [0.2, 0.25) is 0 Å². The lowest BCUT2D eigenvalue weighted by atomic mass is 9.98. The highest BCUT2D eigenvalue weighted by atomic mass is 19.1. The van der Waals surface area contributed by atoms with Crippen LogP contribution in [-0.2, 0) is 0 Å². The first-order valence-corrected chi connectivity index (χ1v) is 5.58. The summed E-state index contributed by atoms with van der Waals surface area (Å²) in [5, 5.41) is 10.2. The van der Waals surface area contributed by atoms with Gasteiger partial charge in [0.1, 0.15) is 11.9 Å². The molecule has 0 aliphatic carbocycles. The van der Waals surface area contributed by atoms with E-state index < -0.39 is 6.10 Å². The summed E-state index contributed by atoms with van der Waals surface area (Å²) in [5.41, 5.74) is 3.67. The Kier molecular flexibility index (Phi) is 3.25. The van der Waals surface area contributed by atoms with Crippen molar-refractivity contribution >= 4 is 0 Å². The molecule has 0 aromatic heterocycles. The number of hydrogen-bond acceptors (Lipinski definition) is 1. The molecular formula is C15H15FO. The van der Waals surface area contributed by atoms with Gasteiger partial charge in [-0.25, -0.2) is 4.39 Å². The van der Waals surface area contributed by atoms with Gasteiger partial charge in [0.15, 0.2) is 0 Å². The van der Waals surface area contributed by atoms with Crippen molar-refractivity contribution in [2.45, 2.75) is 20.0 Å². The zero-order chi connectivity index (χ0) is 12.4. The van der Waals surface area contributed by atoms with Crippen molar-refractivity contribution in [3.8, 4) is 0 Å². The third-order valence-corrected chi connectivity index (χ3v) is 3.01. The van der Waals surface area contributed by atoms with E-state index in [2.05, 4.69) is 0 Å². The first-order chi connectivity index (χ1) is 8.08. The number of aliphatic hydroxyl groups is 1. The number of benzene rings is 2. The van der Waals surface area contributed by atoms with Crippen LogP contribution in [0, 0.1) is 19.7 Å². The zero-order valence-corrected chi connectivity index (χ0v) is 9.94. The molecule has 0 aliphatic rings. The van der Waals surface area contributed by atoms with E-state index in [-0.39, 0.29) is 5.82 Å². The molecule has 88 valence electrons. The van der Waals surface area contributed by atoms with Crippen LogP contribution in [0.4, 0.5) is 4.39 Å². The number of halogens is 1. The van der Waals surface area contributed by atoms with Gasteiger partial charge in [-0.15, -0.1) is 0 Å². The first-order valence-electron chi connectivity index (χ1n) is 5.58. The zero-order valence-electron chi connectivity index (χ0n) is 9.94. The van der Waals surface area contributed by atoms with Gasteiger partial charge in [-0.05, 0) is 48.2 Å². The molecule has 0 spiro atoms. The molecule has 1 atom stereocenters. The van der Waals surface area contributed by atoms with Crippen molar-refractivity contribution in [3.05, 3.63) is 70.5 Å². The van der Waals surface area contributed by atoms with Crippen molar-refractivity contribution in [1.82, 2.24) is 0 Å². The predicted molar refractivity (Wildman–Crippen MR) is 66.4 cm³/mol. The minimum atomic E-state index is -0.773. The molecule has 0 aliphatic heterocycles. The van der Waals surface area contributed by atoms with E-state index >= 15 is 0 Å². The second-order valence-corrected chi connectivity index (χ2v) is 4.30. The van der Waals surface area contributed by atoms with Gasteiger partial charge in [0, 0.05) is 0 Å². The third kappa shape index (κ3) is 2.53. The second-order valence-electron chi connectivity index (χ2n) is 4.30. The van der Waals surface area contributed by atoms with Crippen molar-refractivity contribution in [2.24, 2.45) is 0 Å². The summed E-state index contributed by atoms with van der Waals surface area (Å²) in [7, 11) is 0.